The molecule has 0 saturated carbocycles. The molecule has 0 spiro atoms. The van der Waals surface area contributed by atoms with E-state index < -0.39 is 0 Å². The Bertz CT molecular complexity index is 469. The summed E-state index contributed by atoms with van der Waals surface area (Å²) in [5, 5.41) is 5.98. The average Bonchev–Trinajstić information content (AvgIpc) is 2.56. The SMILES string of the molecule is CCCn1nc(CC)c2cc(C)ccc21. The molecule has 0 aliphatic heterocycles. The van der Waals surface area contributed by atoms with Crippen LogP contribution in [0.15, 0.2) is 18.2 Å². The van der Waals surface area contributed by atoms with Gasteiger partial charge in [-0.1, -0.05) is 25.5 Å². The van der Waals surface area contributed by atoms with Crippen molar-refractivity contribution in [1.82, 2.24) is 9.78 Å². The maximum Gasteiger partial charge on any atom is 0.0700 e. The second-order valence-corrected chi connectivity index (χ2v) is 4.04. The molecule has 0 N–H and O–H groups in total. The highest BCUT2D eigenvalue weighted by Gasteiger charge is 2.07. The molecule has 2 nitrogen and oxygen atoms in total. The van der Waals surface area contributed by atoms with E-state index in [4.69, 9.17) is 0 Å². The lowest BCUT2D eigenvalue weighted by molar-refractivity contribution is 0.613. The van der Waals surface area contributed by atoms with E-state index in [-0.39, 0.29) is 0 Å². The van der Waals surface area contributed by atoms with Crippen molar-refractivity contribution in [2.24, 2.45) is 0 Å². The van der Waals surface area contributed by atoms with Gasteiger partial charge < -0.3 is 0 Å². The van der Waals surface area contributed by atoms with Gasteiger partial charge in [0.1, 0.15) is 0 Å². The molecule has 0 bridgehead atoms. The Balaban J connectivity index is 2.64. The molecule has 2 heteroatoms. The third-order valence-electron chi connectivity index (χ3n) is 2.75. The summed E-state index contributed by atoms with van der Waals surface area (Å²) < 4.78 is 2.13. The van der Waals surface area contributed by atoms with Crippen molar-refractivity contribution in [3.63, 3.8) is 0 Å². The van der Waals surface area contributed by atoms with Crippen LogP contribution in [0.25, 0.3) is 10.9 Å². The van der Waals surface area contributed by atoms with Crippen molar-refractivity contribution in [1.29, 1.82) is 0 Å². The summed E-state index contributed by atoms with van der Waals surface area (Å²) in [6.45, 7) is 7.50. The van der Waals surface area contributed by atoms with E-state index in [9.17, 15) is 0 Å². The average molecular weight is 202 g/mol. The summed E-state index contributed by atoms with van der Waals surface area (Å²) in [4.78, 5) is 0. The minimum absolute atomic E-state index is 1.01. The lowest BCUT2D eigenvalue weighted by Gasteiger charge is -2.00. The van der Waals surface area contributed by atoms with Crippen LogP contribution < -0.4 is 0 Å². The Morgan fingerprint density at radius 1 is 1.27 bits per heavy atom. The molecule has 0 fully saturated rings. The topological polar surface area (TPSA) is 17.8 Å². The van der Waals surface area contributed by atoms with Crippen LogP contribution in [0.2, 0.25) is 0 Å². The summed E-state index contributed by atoms with van der Waals surface area (Å²) in [5.74, 6) is 0. The zero-order valence-corrected chi connectivity index (χ0v) is 9.75. The van der Waals surface area contributed by atoms with Gasteiger partial charge in [0.15, 0.2) is 0 Å². The molecule has 0 aliphatic carbocycles. The van der Waals surface area contributed by atoms with Crippen molar-refractivity contribution in [2.45, 2.75) is 40.2 Å². The van der Waals surface area contributed by atoms with Crippen LogP contribution in [-0.2, 0) is 13.0 Å². The van der Waals surface area contributed by atoms with Crippen molar-refractivity contribution in [3.8, 4) is 0 Å². The van der Waals surface area contributed by atoms with Gasteiger partial charge in [-0.3, -0.25) is 4.68 Å². The van der Waals surface area contributed by atoms with E-state index in [1.165, 1.54) is 22.2 Å². The zero-order valence-electron chi connectivity index (χ0n) is 9.75. The molecule has 1 aromatic carbocycles. The second-order valence-electron chi connectivity index (χ2n) is 4.04. The van der Waals surface area contributed by atoms with Crippen LogP contribution in [-0.4, -0.2) is 9.78 Å². The van der Waals surface area contributed by atoms with Gasteiger partial charge in [-0.2, -0.15) is 5.10 Å². The van der Waals surface area contributed by atoms with Gasteiger partial charge in [0.25, 0.3) is 0 Å². The Hall–Kier alpha value is -1.31. The third-order valence-corrected chi connectivity index (χ3v) is 2.75. The number of nitrogens with zero attached hydrogens (tertiary/aromatic N) is 2. The molecule has 0 radical (unpaired) electrons. The third kappa shape index (κ3) is 1.76. The minimum atomic E-state index is 1.01. The fourth-order valence-corrected chi connectivity index (χ4v) is 2.00. The number of aryl methyl sites for hydroxylation is 3. The lowest BCUT2D eigenvalue weighted by atomic mass is 10.1. The molecular weight excluding hydrogens is 184 g/mol. The van der Waals surface area contributed by atoms with E-state index >= 15 is 0 Å². The number of hydrogen-bond acceptors (Lipinski definition) is 1. The maximum absolute atomic E-state index is 4.66. The van der Waals surface area contributed by atoms with Gasteiger partial charge in [-0.25, -0.2) is 0 Å². The van der Waals surface area contributed by atoms with E-state index in [0.29, 0.717) is 0 Å². The van der Waals surface area contributed by atoms with Crippen LogP contribution in [0.3, 0.4) is 0 Å². The fraction of sp³-hybridized carbons (Fsp3) is 0.462. The summed E-state index contributed by atoms with van der Waals surface area (Å²) in [5.41, 5.74) is 3.81. The highest BCUT2D eigenvalue weighted by Crippen LogP contribution is 2.20. The van der Waals surface area contributed by atoms with Crippen molar-refractivity contribution in [3.05, 3.63) is 29.5 Å². The quantitative estimate of drug-likeness (QED) is 0.746. The first-order chi connectivity index (χ1) is 7.26. The van der Waals surface area contributed by atoms with Crippen LogP contribution >= 0.6 is 0 Å². The number of hydrogen-bond donors (Lipinski definition) is 0. The molecule has 0 atom stereocenters. The summed E-state index contributed by atoms with van der Waals surface area (Å²) in [6.07, 6.45) is 2.14. The summed E-state index contributed by atoms with van der Waals surface area (Å²) >= 11 is 0. The van der Waals surface area contributed by atoms with Crippen LogP contribution in [0.1, 0.15) is 31.5 Å². The van der Waals surface area contributed by atoms with Crippen molar-refractivity contribution in [2.75, 3.05) is 0 Å². The maximum atomic E-state index is 4.66. The van der Waals surface area contributed by atoms with Gasteiger partial charge in [-0.15, -0.1) is 0 Å². The largest absolute Gasteiger partial charge is 0.265 e. The van der Waals surface area contributed by atoms with E-state index in [0.717, 1.165) is 19.4 Å². The Kier molecular flexibility index (Phi) is 2.76. The van der Waals surface area contributed by atoms with Gasteiger partial charge in [-0.05, 0) is 31.9 Å². The first-order valence-corrected chi connectivity index (χ1v) is 5.72. The van der Waals surface area contributed by atoms with Gasteiger partial charge in [0.2, 0.25) is 0 Å². The number of benzene rings is 1. The summed E-state index contributed by atoms with van der Waals surface area (Å²) in [6, 6.07) is 6.59. The molecule has 1 heterocycles. The molecule has 0 aliphatic rings. The zero-order chi connectivity index (χ0) is 10.8. The highest BCUT2D eigenvalue weighted by molar-refractivity contribution is 5.82. The molecular formula is C13H18N2. The smallest absolute Gasteiger partial charge is 0.0700 e. The predicted molar refractivity (Wildman–Crippen MR) is 64.1 cm³/mol. The minimum Gasteiger partial charge on any atom is -0.265 e. The van der Waals surface area contributed by atoms with Crippen molar-refractivity contribution >= 4 is 10.9 Å². The highest BCUT2D eigenvalue weighted by atomic mass is 15.3. The molecule has 15 heavy (non-hydrogen) atoms. The Labute approximate surface area is 90.9 Å². The molecule has 0 amide bonds. The fourth-order valence-electron chi connectivity index (χ4n) is 2.00. The van der Waals surface area contributed by atoms with Gasteiger partial charge >= 0.3 is 0 Å². The van der Waals surface area contributed by atoms with E-state index in [1.807, 2.05) is 0 Å². The van der Waals surface area contributed by atoms with Crippen LogP contribution in [0, 0.1) is 6.92 Å². The van der Waals surface area contributed by atoms with Crippen molar-refractivity contribution < 1.29 is 0 Å². The molecule has 80 valence electrons. The van der Waals surface area contributed by atoms with E-state index in [2.05, 4.69) is 48.8 Å². The Morgan fingerprint density at radius 3 is 2.73 bits per heavy atom. The first kappa shape index (κ1) is 10.2. The molecule has 0 unspecified atom stereocenters. The molecule has 2 aromatic rings. The number of fused-ring (bicyclic) bond motifs is 1. The number of aromatic nitrogens is 2. The monoisotopic (exact) mass is 202 g/mol. The predicted octanol–water partition coefficient (Wildman–Crippen LogP) is 3.32. The molecule has 2 rings (SSSR count). The Morgan fingerprint density at radius 2 is 2.07 bits per heavy atom. The van der Waals surface area contributed by atoms with Gasteiger partial charge in [0, 0.05) is 11.9 Å². The van der Waals surface area contributed by atoms with Crippen LogP contribution in [0.5, 0.6) is 0 Å². The summed E-state index contributed by atoms with van der Waals surface area (Å²) in [7, 11) is 0. The van der Waals surface area contributed by atoms with Gasteiger partial charge in [0.05, 0.1) is 11.2 Å². The standard InChI is InChI=1S/C13H18N2/c1-4-8-15-13-7-6-10(3)9-11(13)12(5-2)14-15/h6-7,9H,4-5,8H2,1-3H3. The van der Waals surface area contributed by atoms with E-state index in [1.54, 1.807) is 0 Å². The number of rotatable bonds is 3. The normalized spacial score (nSPS) is 11.1. The lowest BCUT2D eigenvalue weighted by Crippen LogP contribution is -1.98. The molecule has 1 aromatic heterocycles. The molecule has 0 saturated heterocycles. The second kappa shape index (κ2) is 4.05. The first-order valence-electron chi connectivity index (χ1n) is 5.72. The van der Waals surface area contributed by atoms with Crippen LogP contribution in [0.4, 0.5) is 0 Å².